The zero-order valence-electron chi connectivity index (χ0n) is 12.1. The molecule has 4 heteroatoms. The number of carbonyl (C=O) groups excluding carboxylic acids is 2. The van der Waals surface area contributed by atoms with Crippen LogP contribution in [-0.4, -0.2) is 17.9 Å². The lowest BCUT2D eigenvalue weighted by molar-refractivity contribution is -0.117. The Hall–Kier alpha value is -2.62. The number of hydrogen-bond donors (Lipinski definition) is 2. The molecule has 21 heavy (non-hydrogen) atoms. The van der Waals surface area contributed by atoms with E-state index in [9.17, 15) is 9.59 Å². The molecule has 0 heterocycles. The third kappa shape index (κ3) is 4.18. The highest BCUT2D eigenvalue weighted by Crippen LogP contribution is 2.10. The molecule has 0 aliphatic rings. The molecule has 0 spiro atoms. The van der Waals surface area contributed by atoms with Crippen LogP contribution in [0.15, 0.2) is 54.6 Å². The molecule has 2 amide bonds. The quantitative estimate of drug-likeness (QED) is 0.906. The van der Waals surface area contributed by atoms with Gasteiger partial charge in [-0.2, -0.15) is 0 Å². The summed E-state index contributed by atoms with van der Waals surface area (Å²) in [7, 11) is 0. The molecule has 1 atom stereocenters. The summed E-state index contributed by atoms with van der Waals surface area (Å²) in [4.78, 5) is 24.0. The fourth-order valence-electron chi connectivity index (χ4n) is 1.91. The first kappa shape index (κ1) is 14.8. The molecule has 2 aromatic carbocycles. The average molecular weight is 282 g/mol. The SMILES string of the molecule is Cc1cccc(NC(=O)[C@@H](C)NC(=O)c2ccccc2)c1. The number of rotatable bonds is 4. The molecule has 2 rings (SSSR count). The van der Waals surface area contributed by atoms with E-state index in [2.05, 4.69) is 10.6 Å². The van der Waals surface area contributed by atoms with Crippen LogP contribution >= 0.6 is 0 Å². The van der Waals surface area contributed by atoms with Crippen molar-refractivity contribution in [3.63, 3.8) is 0 Å². The van der Waals surface area contributed by atoms with Gasteiger partial charge in [0.05, 0.1) is 0 Å². The summed E-state index contributed by atoms with van der Waals surface area (Å²) < 4.78 is 0. The Morgan fingerprint density at radius 2 is 1.71 bits per heavy atom. The minimum absolute atomic E-state index is 0.245. The number of amides is 2. The number of aryl methyl sites for hydroxylation is 1. The Labute approximate surface area is 124 Å². The third-order valence-corrected chi connectivity index (χ3v) is 3.06. The van der Waals surface area contributed by atoms with Crippen molar-refractivity contribution in [2.24, 2.45) is 0 Å². The number of hydrogen-bond acceptors (Lipinski definition) is 2. The normalized spacial score (nSPS) is 11.5. The molecule has 4 nitrogen and oxygen atoms in total. The zero-order valence-corrected chi connectivity index (χ0v) is 12.1. The first-order valence-electron chi connectivity index (χ1n) is 6.79. The van der Waals surface area contributed by atoms with Gasteiger partial charge in [0, 0.05) is 11.3 Å². The highest BCUT2D eigenvalue weighted by molar-refractivity contribution is 6.00. The van der Waals surface area contributed by atoms with Crippen molar-refractivity contribution in [1.29, 1.82) is 0 Å². The predicted molar refractivity (Wildman–Crippen MR) is 83.2 cm³/mol. The van der Waals surface area contributed by atoms with Gasteiger partial charge in [0.15, 0.2) is 0 Å². The molecular weight excluding hydrogens is 264 g/mol. The van der Waals surface area contributed by atoms with Crippen LogP contribution in [0.3, 0.4) is 0 Å². The van der Waals surface area contributed by atoms with Gasteiger partial charge in [-0.25, -0.2) is 0 Å². The predicted octanol–water partition coefficient (Wildman–Crippen LogP) is 2.75. The van der Waals surface area contributed by atoms with E-state index in [0.717, 1.165) is 11.3 Å². The molecule has 0 aliphatic carbocycles. The van der Waals surface area contributed by atoms with E-state index in [4.69, 9.17) is 0 Å². The monoisotopic (exact) mass is 282 g/mol. The van der Waals surface area contributed by atoms with Crippen LogP contribution in [0.25, 0.3) is 0 Å². The van der Waals surface area contributed by atoms with E-state index in [1.807, 2.05) is 37.3 Å². The van der Waals surface area contributed by atoms with Gasteiger partial charge in [0.2, 0.25) is 5.91 Å². The Morgan fingerprint density at radius 1 is 1.00 bits per heavy atom. The zero-order chi connectivity index (χ0) is 15.2. The van der Waals surface area contributed by atoms with Gasteiger partial charge >= 0.3 is 0 Å². The van der Waals surface area contributed by atoms with Crippen LogP contribution < -0.4 is 10.6 Å². The number of benzene rings is 2. The van der Waals surface area contributed by atoms with Crippen molar-refractivity contribution in [1.82, 2.24) is 5.32 Å². The highest BCUT2D eigenvalue weighted by atomic mass is 16.2. The number of nitrogens with one attached hydrogen (secondary N) is 2. The maximum absolute atomic E-state index is 12.1. The Kier molecular flexibility index (Phi) is 4.72. The molecule has 0 aromatic heterocycles. The van der Waals surface area contributed by atoms with Gasteiger partial charge < -0.3 is 10.6 Å². The van der Waals surface area contributed by atoms with E-state index in [0.29, 0.717) is 5.56 Å². The van der Waals surface area contributed by atoms with E-state index in [1.54, 1.807) is 31.2 Å². The summed E-state index contributed by atoms with van der Waals surface area (Å²) in [6.45, 7) is 3.61. The van der Waals surface area contributed by atoms with Crippen molar-refractivity contribution in [2.45, 2.75) is 19.9 Å². The molecular formula is C17H18N2O2. The summed E-state index contributed by atoms with van der Waals surface area (Å²) in [6, 6.07) is 15.7. The van der Waals surface area contributed by atoms with Crippen molar-refractivity contribution < 1.29 is 9.59 Å². The van der Waals surface area contributed by atoms with Gasteiger partial charge in [-0.15, -0.1) is 0 Å². The molecule has 108 valence electrons. The van der Waals surface area contributed by atoms with Gasteiger partial charge in [-0.1, -0.05) is 30.3 Å². The largest absolute Gasteiger partial charge is 0.341 e. The fourth-order valence-corrected chi connectivity index (χ4v) is 1.91. The first-order chi connectivity index (χ1) is 10.1. The molecule has 0 aliphatic heterocycles. The molecule has 0 fully saturated rings. The van der Waals surface area contributed by atoms with E-state index >= 15 is 0 Å². The lowest BCUT2D eigenvalue weighted by Crippen LogP contribution is -2.41. The summed E-state index contributed by atoms with van der Waals surface area (Å²) in [5.41, 5.74) is 2.32. The Balaban J connectivity index is 1.95. The molecule has 0 saturated heterocycles. The second-order valence-corrected chi connectivity index (χ2v) is 4.92. The minimum atomic E-state index is -0.613. The summed E-state index contributed by atoms with van der Waals surface area (Å²) in [5.74, 6) is -0.507. The molecule has 2 aromatic rings. The lowest BCUT2D eigenvalue weighted by Gasteiger charge is -2.14. The molecule has 2 N–H and O–H groups in total. The Morgan fingerprint density at radius 3 is 2.38 bits per heavy atom. The van der Waals surface area contributed by atoms with Crippen molar-refractivity contribution >= 4 is 17.5 Å². The van der Waals surface area contributed by atoms with Crippen molar-refractivity contribution in [3.8, 4) is 0 Å². The summed E-state index contributed by atoms with van der Waals surface area (Å²) in [5, 5.41) is 5.47. The highest BCUT2D eigenvalue weighted by Gasteiger charge is 2.16. The second kappa shape index (κ2) is 6.70. The van der Waals surface area contributed by atoms with Crippen molar-refractivity contribution in [3.05, 3.63) is 65.7 Å². The first-order valence-corrected chi connectivity index (χ1v) is 6.79. The second-order valence-electron chi connectivity index (χ2n) is 4.92. The van der Waals surface area contributed by atoms with Crippen LogP contribution in [0.4, 0.5) is 5.69 Å². The lowest BCUT2D eigenvalue weighted by atomic mass is 10.2. The summed E-state index contributed by atoms with van der Waals surface area (Å²) in [6.07, 6.45) is 0. The van der Waals surface area contributed by atoms with Gasteiger partial charge in [0.1, 0.15) is 6.04 Å². The average Bonchev–Trinajstić information content (AvgIpc) is 2.48. The minimum Gasteiger partial charge on any atom is -0.341 e. The third-order valence-electron chi connectivity index (χ3n) is 3.06. The maximum Gasteiger partial charge on any atom is 0.251 e. The van der Waals surface area contributed by atoms with Gasteiger partial charge in [-0.3, -0.25) is 9.59 Å². The van der Waals surface area contributed by atoms with Crippen LogP contribution in [-0.2, 0) is 4.79 Å². The topological polar surface area (TPSA) is 58.2 Å². The molecule has 0 radical (unpaired) electrons. The Bertz CT molecular complexity index is 638. The van der Waals surface area contributed by atoms with Gasteiger partial charge in [0.25, 0.3) is 5.91 Å². The standard InChI is InChI=1S/C17H18N2O2/c1-12-7-6-10-15(11-12)19-16(20)13(2)18-17(21)14-8-4-3-5-9-14/h3-11,13H,1-2H3,(H,18,21)(H,19,20)/t13-/m1/s1. The van der Waals surface area contributed by atoms with Gasteiger partial charge in [-0.05, 0) is 43.7 Å². The molecule has 0 bridgehead atoms. The summed E-state index contributed by atoms with van der Waals surface area (Å²) >= 11 is 0. The maximum atomic E-state index is 12.1. The molecule has 0 saturated carbocycles. The molecule has 0 unspecified atom stereocenters. The van der Waals surface area contributed by atoms with Crippen LogP contribution in [0.1, 0.15) is 22.8 Å². The van der Waals surface area contributed by atoms with Crippen LogP contribution in [0.5, 0.6) is 0 Å². The van der Waals surface area contributed by atoms with E-state index in [1.165, 1.54) is 0 Å². The fraction of sp³-hybridized carbons (Fsp3) is 0.176. The van der Waals surface area contributed by atoms with Crippen LogP contribution in [0.2, 0.25) is 0 Å². The van der Waals surface area contributed by atoms with E-state index in [-0.39, 0.29) is 11.8 Å². The van der Waals surface area contributed by atoms with Crippen LogP contribution in [0, 0.1) is 6.92 Å². The smallest absolute Gasteiger partial charge is 0.251 e. The number of carbonyl (C=O) groups is 2. The van der Waals surface area contributed by atoms with E-state index < -0.39 is 6.04 Å². The van der Waals surface area contributed by atoms with Crippen molar-refractivity contribution in [2.75, 3.05) is 5.32 Å². The number of anilines is 1.